The van der Waals surface area contributed by atoms with Crippen LogP contribution in [0.4, 0.5) is 0 Å². The van der Waals surface area contributed by atoms with E-state index in [1.807, 2.05) is 0 Å². The first-order valence-electron chi connectivity index (χ1n) is 6.23. The molecule has 0 bridgehead atoms. The van der Waals surface area contributed by atoms with E-state index in [0.717, 1.165) is 5.56 Å². The molecule has 112 valence electrons. The highest BCUT2D eigenvalue weighted by molar-refractivity contribution is 7.92. The Balaban J connectivity index is 2.77. The molecule has 0 atom stereocenters. The predicted molar refractivity (Wildman–Crippen MR) is 77.2 cm³/mol. The molecular formula is C14H20O5S. The highest BCUT2D eigenvalue weighted by atomic mass is 32.2. The Morgan fingerprint density at radius 1 is 1.30 bits per heavy atom. The number of rotatable bonds is 5. The fourth-order valence-corrected chi connectivity index (χ4v) is 2.37. The standard InChI is InChI=1S/C14H20O5S/c1-10-5-6-11(13(15)16)9-12(10)19-7-8-20(17,18)14(2,3)4/h5-6,9H,7-8H2,1-4H3,(H,15,16). The minimum absolute atomic E-state index is 0.00349. The Morgan fingerprint density at radius 2 is 1.90 bits per heavy atom. The van der Waals surface area contributed by atoms with Crippen LogP contribution in [0.25, 0.3) is 0 Å². The predicted octanol–water partition coefficient (Wildman–Crippen LogP) is 2.29. The molecular weight excluding hydrogens is 280 g/mol. The molecule has 6 heteroatoms. The van der Waals surface area contributed by atoms with Crippen molar-refractivity contribution in [3.63, 3.8) is 0 Å². The molecule has 0 heterocycles. The van der Waals surface area contributed by atoms with Crippen molar-refractivity contribution in [2.24, 2.45) is 0 Å². The topological polar surface area (TPSA) is 80.7 Å². The number of aryl methyl sites for hydroxylation is 1. The van der Waals surface area contributed by atoms with E-state index in [1.54, 1.807) is 33.8 Å². The summed E-state index contributed by atoms with van der Waals surface area (Å²) < 4.78 is 28.4. The smallest absolute Gasteiger partial charge is 0.335 e. The van der Waals surface area contributed by atoms with E-state index >= 15 is 0 Å². The van der Waals surface area contributed by atoms with Gasteiger partial charge in [-0.1, -0.05) is 6.07 Å². The SMILES string of the molecule is Cc1ccc(C(=O)O)cc1OCCS(=O)(=O)C(C)(C)C. The third-order valence-electron chi connectivity index (χ3n) is 2.98. The van der Waals surface area contributed by atoms with Crippen molar-refractivity contribution < 1.29 is 23.1 Å². The van der Waals surface area contributed by atoms with E-state index in [1.165, 1.54) is 12.1 Å². The lowest BCUT2D eigenvalue weighted by Crippen LogP contribution is -2.32. The maximum atomic E-state index is 11.9. The lowest BCUT2D eigenvalue weighted by Gasteiger charge is -2.19. The normalized spacial score (nSPS) is 12.2. The molecule has 1 N–H and O–H groups in total. The molecule has 0 fully saturated rings. The summed E-state index contributed by atoms with van der Waals surface area (Å²) in [5.74, 6) is -0.751. The van der Waals surface area contributed by atoms with Crippen LogP contribution in [0.2, 0.25) is 0 Å². The van der Waals surface area contributed by atoms with E-state index in [9.17, 15) is 13.2 Å². The summed E-state index contributed by atoms with van der Waals surface area (Å²) in [6.45, 7) is 6.69. The first-order chi connectivity index (χ1) is 9.04. The van der Waals surface area contributed by atoms with Crippen molar-refractivity contribution in [2.75, 3.05) is 12.4 Å². The molecule has 0 unspecified atom stereocenters. The largest absolute Gasteiger partial charge is 0.492 e. The van der Waals surface area contributed by atoms with Gasteiger partial charge in [0.15, 0.2) is 9.84 Å². The van der Waals surface area contributed by atoms with Crippen LogP contribution in [0.15, 0.2) is 18.2 Å². The minimum Gasteiger partial charge on any atom is -0.492 e. The van der Waals surface area contributed by atoms with Crippen LogP contribution < -0.4 is 4.74 Å². The Kier molecular flexibility index (Phi) is 4.81. The molecule has 0 amide bonds. The van der Waals surface area contributed by atoms with Gasteiger partial charge in [0.05, 0.1) is 16.1 Å². The molecule has 0 saturated heterocycles. The van der Waals surface area contributed by atoms with E-state index < -0.39 is 20.6 Å². The maximum absolute atomic E-state index is 11.9. The zero-order chi connectivity index (χ0) is 15.6. The molecule has 0 aliphatic carbocycles. The number of sulfone groups is 1. The van der Waals surface area contributed by atoms with Crippen LogP contribution in [-0.2, 0) is 9.84 Å². The molecule has 0 saturated carbocycles. The monoisotopic (exact) mass is 300 g/mol. The summed E-state index contributed by atoms with van der Waals surface area (Å²) in [5.41, 5.74) is 0.882. The number of aromatic carboxylic acids is 1. The highest BCUT2D eigenvalue weighted by Gasteiger charge is 2.28. The number of benzene rings is 1. The summed E-state index contributed by atoms with van der Waals surface area (Å²) in [5, 5.41) is 8.91. The van der Waals surface area contributed by atoms with Crippen molar-refractivity contribution in [1.29, 1.82) is 0 Å². The van der Waals surface area contributed by atoms with Gasteiger partial charge in [0.25, 0.3) is 0 Å². The number of hydrogen-bond donors (Lipinski definition) is 1. The molecule has 0 aliphatic heterocycles. The van der Waals surface area contributed by atoms with Gasteiger partial charge in [0.1, 0.15) is 12.4 Å². The second-order valence-corrected chi connectivity index (χ2v) is 8.43. The zero-order valence-electron chi connectivity index (χ0n) is 12.1. The lowest BCUT2D eigenvalue weighted by molar-refractivity contribution is 0.0696. The number of hydrogen-bond acceptors (Lipinski definition) is 4. The van der Waals surface area contributed by atoms with Gasteiger partial charge in [-0.2, -0.15) is 0 Å². The summed E-state index contributed by atoms with van der Waals surface area (Å²) in [6.07, 6.45) is 0. The average Bonchev–Trinajstić information content (AvgIpc) is 2.29. The first kappa shape index (κ1) is 16.5. The summed E-state index contributed by atoms with van der Waals surface area (Å²) in [6, 6.07) is 4.52. The molecule has 1 aromatic carbocycles. The van der Waals surface area contributed by atoms with E-state index in [4.69, 9.17) is 9.84 Å². The number of carboxylic acid groups (broad SMARTS) is 1. The molecule has 0 aromatic heterocycles. The summed E-state index contributed by atoms with van der Waals surface area (Å²) in [4.78, 5) is 10.9. The lowest BCUT2D eigenvalue weighted by atomic mass is 10.1. The molecule has 5 nitrogen and oxygen atoms in total. The van der Waals surface area contributed by atoms with Gasteiger partial charge in [-0.15, -0.1) is 0 Å². The molecule has 1 rings (SSSR count). The van der Waals surface area contributed by atoms with Crippen molar-refractivity contribution >= 4 is 15.8 Å². The van der Waals surface area contributed by atoms with Gasteiger partial charge in [-0.3, -0.25) is 0 Å². The quantitative estimate of drug-likeness (QED) is 0.902. The molecule has 1 aromatic rings. The van der Waals surface area contributed by atoms with Gasteiger partial charge in [0.2, 0.25) is 0 Å². The Bertz CT molecular complexity index is 596. The minimum atomic E-state index is -3.25. The van der Waals surface area contributed by atoms with Crippen LogP contribution in [0, 0.1) is 6.92 Å². The third kappa shape index (κ3) is 3.96. The molecule has 0 spiro atoms. The molecule has 0 aliphatic rings. The van der Waals surface area contributed by atoms with E-state index in [2.05, 4.69) is 0 Å². The fourth-order valence-electron chi connectivity index (χ4n) is 1.46. The first-order valence-corrected chi connectivity index (χ1v) is 7.89. The van der Waals surface area contributed by atoms with Crippen LogP contribution in [0.5, 0.6) is 5.75 Å². The Labute approximate surface area is 119 Å². The second kappa shape index (κ2) is 5.83. The second-order valence-electron chi connectivity index (χ2n) is 5.57. The third-order valence-corrected chi connectivity index (χ3v) is 5.55. The molecule has 0 radical (unpaired) electrons. The Hall–Kier alpha value is -1.56. The summed E-state index contributed by atoms with van der Waals surface area (Å²) in [7, 11) is -3.25. The number of carbonyl (C=O) groups is 1. The van der Waals surface area contributed by atoms with Gasteiger partial charge in [0, 0.05) is 0 Å². The van der Waals surface area contributed by atoms with E-state index in [0.29, 0.717) is 5.75 Å². The highest BCUT2D eigenvalue weighted by Crippen LogP contribution is 2.21. The number of carboxylic acids is 1. The van der Waals surface area contributed by atoms with Crippen LogP contribution in [0.1, 0.15) is 36.7 Å². The summed E-state index contributed by atoms with van der Waals surface area (Å²) >= 11 is 0. The van der Waals surface area contributed by atoms with Crippen LogP contribution in [0.3, 0.4) is 0 Å². The van der Waals surface area contributed by atoms with Gasteiger partial charge in [-0.25, -0.2) is 13.2 Å². The van der Waals surface area contributed by atoms with Crippen LogP contribution >= 0.6 is 0 Å². The number of ether oxygens (including phenoxy) is 1. The average molecular weight is 300 g/mol. The van der Waals surface area contributed by atoms with Crippen molar-refractivity contribution in [3.8, 4) is 5.75 Å². The van der Waals surface area contributed by atoms with Crippen LogP contribution in [-0.4, -0.2) is 36.6 Å². The van der Waals surface area contributed by atoms with Crippen molar-refractivity contribution in [3.05, 3.63) is 29.3 Å². The van der Waals surface area contributed by atoms with Crippen molar-refractivity contribution in [1.82, 2.24) is 0 Å². The van der Waals surface area contributed by atoms with E-state index in [-0.39, 0.29) is 17.9 Å². The van der Waals surface area contributed by atoms with Gasteiger partial charge < -0.3 is 9.84 Å². The fraction of sp³-hybridized carbons (Fsp3) is 0.500. The Morgan fingerprint density at radius 3 is 2.40 bits per heavy atom. The maximum Gasteiger partial charge on any atom is 0.335 e. The van der Waals surface area contributed by atoms with Gasteiger partial charge >= 0.3 is 5.97 Å². The van der Waals surface area contributed by atoms with Crippen molar-refractivity contribution in [2.45, 2.75) is 32.4 Å². The van der Waals surface area contributed by atoms with Gasteiger partial charge in [-0.05, 0) is 45.4 Å². The zero-order valence-corrected chi connectivity index (χ0v) is 13.0. The molecule has 20 heavy (non-hydrogen) atoms.